The molecule has 1 aromatic heterocycles. The van der Waals surface area contributed by atoms with Crippen molar-refractivity contribution in [2.45, 2.75) is 95.2 Å². The molecule has 234 valence electrons. The molecule has 0 unspecified atom stereocenters. The second kappa shape index (κ2) is 11.9. The molecule has 6 rings (SSSR count). The van der Waals surface area contributed by atoms with Gasteiger partial charge in [0, 0.05) is 28.1 Å². The summed E-state index contributed by atoms with van der Waals surface area (Å²) in [6.07, 6.45) is -3.43. The van der Waals surface area contributed by atoms with E-state index in [0.717, 1.165) is 21.6 Å². The summed E-state index contributed by atoms with van der Waals surface area (Å²) in [7, 11) is 0. The molecule has 44 heavy (non-hydrogen) atoms. The van der Waals surface area contributed by atoms with Crippen LogP contribution in [0.5, 0.6) is 5.88 Å². The van der Waals surface area contributed by atoms with Crippen LogP contribution in [0.2, 0.25) is 0 Å². The van der Waals surface area contributed by atoms with E-state index in [1.807, 2.05) is 52.0 Å². The lowest BCUT2D eigenvalue weighted by molar-refractivity contribution is -0.194. The van der Waals surface area contributed by atoms with Gasteiger partial charge in [0.1, 0.15) is 6.61 Å². The van der Waals surface area contributed by atoms with Gasteiger partial charge in [0.2, 0.25) is 11.8 Å². The zero-order valence-electron chi connectivity index (χ0n) is 25.3. The van der Waals surface area contributed by atoms with E-state index in [4.69, 9.17) is 14.5 Å². The Kier molecular flexibility index (Phi) is 8.30. The van der Waals surface area contributed by atoms with Crippen LogP contribution in [0.15, 0.2) is 53.4 Å². The van der Waals surface area contributed by atoms with Crippen molar-refractivity contribution in [1.29, 1.82) is 0 Å². The number of carbonyl (C=O) groups excluding carboxylic acids is 1. The summed E-state index contributed by atoms with van der Waals surface area (Å²) in [6, 6.07) is 13.7. The molecule has 1 aliphatic heterocycles. The summed E-state index contributed by atoms with van der Waals surface area (Å²) in [5.74, 6) is 0.229. The standard InChI is InChI=1S/C33H37F3N4O3S/c1-19(2)43-25-14-23(15-25)40-24(17-32(11-12-32)33(34,35)36)18-42-28-16-27(29-20(3)7-5-8-21(29)4)37-31(38-28)39-44-26-10-6-9-22(13-26)30(40)41/h5-10,13,16,19,23-25H,11-12,14-15,17-18H2,1-4H3,(H,37,38,39)/t23?,24-,25?/m1/s1. The largest absolute Gasteiger partial charge is 0.475 e. The Morgan fingerprint density at radius 1 is 1.09 bits per heavy atom. The molecule has 3 aliphatic rings. The van der Waals surface area contributed by atoms with Gasteiger partial charge in [0.25, 0.3) is 5.91 Å². The molecule has 0 radical (unpaired) electrons. The Bertz CT molecular complexity index is 1520. The number of fused-ring (bicyclic) bond motifs is 4. The number of aryl methyl sites for hydroxylation is 2. The third-order valence-corrected chi connectivity index (χ3v) is 9.62. The van der Waals surface area contributed by atoms with Crippen LogP contribution in [-0.4, -0.2) is 57.8 Å². The number of halogens is 3. The fourth-order valence-corrected chi connectivity index (χ4v) is 6.99. The highest BCUT2D eigenvalue weighted by Gasteiger charge is 2.64. The summed E-state index contributed by atoms with van der Waals surface area (Å²) in [4.78, 5) is 26.0. The van der Waals surface area contributed by atoms with Crippen LogP contribution < -0.4 is 9.46 Å². The number of nitrogens with one attached hydrogen (secondary N) is 1. The van der Waals surface area contributed by atoms with Gasteiger partial charge in [-0.1, -0.05) is 24.3 Å². The van der Waals surface area contributed by atoms with E-state index < -0.39 is 17.6 Å². The van der Waals surface area contributed by atoms with Crippen molar-refractivity contribution in [3.8, 4) is 17.1 Å². The Morgan fingerprint density at radius 3 is 2.45 bits per heavy atom. The topological polar surface area (TPSA) is 76.6 Å². The number of amides is 1. The molecule has 2 fully saturated rings. The van der Waals surface area contributed by atoms with Crippen LogP contribution in [-0.2, 0) is 4.74 Å². The third-order valence-electron chi connectivity index (χ3n) is 8.84. The molecule has 0 saturated heterocycles. The highest BCUT2D eigenvalue weighted by Crippen LogP contribution is 2.61. The average Bonchev–Trinajstić information content (AvgIpc) is 3.74. The number of benzene rings is 2. The molecule has 2 aliphatic carbocycles. The number of hydrogen-bond acceptors (Lipinski definition) is 7. The average molecular weight is 627 g/mol. The molecular weight excluding hydrogens is 589 g/mol. The summed E-state index contributed by atoms with van der Waals surface area (Å²) in [6.45, 7) is 7.77. The van der Waals surface area contributed by atoms with Gasteiger partial charge in [-0.3, -0.25) is 9.52 Å². The third kappa shape index (κ3) is 6.26. The second-order valence-electron chi connectivity index (χ2n) is 12.5. The Balaban J connectivity index is 1.42. The van der Waals surface area contributed by atoms with Gasteiger partial charge < -0.3 is 14.4 Å². The van der Waals surface area contributed by atoms with E-state index in [9.17, 15) is 18.0 Å². The minimum Gasteiger partial charge on any atom is -0.475 e. The van der Waals surface area contributed by atoms with Crippen molar-refractivity contribution in [1.82, 2.24) is 14.9 Å². The molecule has 1 atom stereocenters. The zero-order valence-corrected chi connectivity index (χ0v) is 26.1. The van der Waals surface area contributed by atoms with Crippen LogP contribution in [0.25, 0.3) is 11.3 Å². The van der Waals surface area contributed by atoms with Gasteiger partial charge >= 0.3 is 6.18 Å². The number of alkyl halides is 3. The zero-order chi connectivity index (χ0) is 31.2. The monoisotopic (exact) mass is 626 g/mol. The fraction of sp³-hybridized carbons (Fsp3) is 0.485. The second-order valence-corrected chi connectivity index (χ2v) is 13.4. The van der Waals surface area contributed by atoms with Gasteiger partial charge in [-0.05, 0) is 101 Å². The number of ether oxygens (including phenoxy) is 2. The van der Waals surface area contributed by atoms with Crippen LogP contribution in [0.4, 0.5) is 19.1 Å². The predicted molar refractivity (Wildman–Crippen MR) is 164 cm³/mol. The van der Waals surface area contributed by atoms with Crippen LogP contribution in [0.3, 0.4) is 0 Å². The number of carbonyl (C=O) groups is 1. The number of rotatable bonds is 6. The molecule has 3 aromatic rings. The molecule has 2 saturated carbocycles. The lowest BCUT2D eigenvalue weighted by Crippen LogP contribution is -2.57. The van der Waals surface area contributed by atoms with Gasteiger partial charge in [0.15, 0.2) is 0 Å². The van der Waals surface area contributed by atoms with E-state index in [1.165, 1.54) is 11.9 Å². The molecule has 11 heteroatoms. The smallest absolute Gasteiger partial charge is 0.394 e. The normalized spacial score (nSPS) is 23.0. The molecule has 2 heterocycles. The maximum Gasteiger partial charge on any atom is 0.394 e. The minimum absolute atomic E-state index is 0.0186. The predicted octanol–water partition coefficient (Wildman–Crippen LogP) is 7.77. The molecular formula is C33H37F3N4O3S. The van der Waals surface area contributed by atoms with Crippen molar-refractivity contribution in [2.75, 3.05) is 11.3 Å². The van der Waals surface area contributed by atoms with E-state index >= 15 is 0 Å². The van der Waals surface area contributed by atoms with Crippen LogP contribution in [0, 0.1) is 19.3 Å². The molecule has 4 bridgehead atoms. The summed E-state index contributed by atoms with van der Waals surface area (Å²) >= 11 is 1.26. The Morgan fingerprint density at radius 2 is 1.80 bits per heavy atom. The first kappa shape index (κ1) is 30.7. The van der Waals surface area contributed by atoms with E-state index in [1.54, 1.807) is 29.2 Å². The van der Waals surface area contributed by atoms with Gasteiger partial charge in [-0.15, -0.1) is 0 Å². The summed E-state index contributed by atoms with van der Waals surface area (Å²) < 4.78 is 58.4. The number of anilines is 1. The highest BCUT2D eigenvalue weighted by atomic mass is 32.2. The van der Waals surface area contributed by atoms with Gasteiger partial charge in [0.05, 0.1) is 29.4 Å². The fourth-order valence-electron chi connectivity index (χ4n) is 6.35. The molecule has 2 aromatic carbocycles. The van der Waals surface area contributed by atoms with Crippen LogP contribution in [0.1, 0.15) is 67.4 Å². The van der Waals surface area contributed by atoms with E-state index in [-0.39, 0.29) is 55.9 Å². The maximum atomic E-state index is 14.3. The van der Waals surface area contributed by atoms with Gasteiger partial charge in [-0.25, -0.2) is 4.98 Å². The summed E-state index contributed by atoms with van der Waals surface area (Å²) in [5, 5.41) is 0. The van der Waals surface area contributed by atoms with Crippen molar-refractivity contribution < 1.29 is 27.4 Å². The summed E-state index contributed by atoms with van der Waals surface area (Å²) in [5.41, 5.74) is 2.21. The lowest BCUT2D eigenvalue weighted by Gasteiger charge is -2.47. The highest BCUT2D eigenvalue weighted by molar-refractivity contribution is 8.00. The molecule has 7 nitrogen and oxygen atoms in total. The number of nitrogens with zero attached hydrogens (tertiary/aromatic N) is 3. The molecule has 1 amide bonds. The maximum absolute atomic E-state index is 14.3. The molecule has 0 spiro atoms. The van der Waals surface area contributed by atoms with Gasteiger partial charge in [-0.2, -0.15) is 18.2 Å². The first-order valence-corrected chi connectivity index (χ1v) is 15.9. The van der Waals surface area contributed by atoms with Crippen molar-refractivity contribution in [2.24, 2.45) is 5.41 Å². The van der Waals surface area contributed by atoms with Crippen molar-refractivity contribution >= 4 is 23.8 Å². The van der Waals surface area contributed by atoms with E-state index in [2.05, 4.69) is 9.71 Å². The first-order chi connectivity index (χ1) is 20.9. The SMILES string of the molecule is Cc1cccc(C)c1-c1cc2nc(n1)NSc1cccc(c1)C(=O)N(C1CC(OC(C)C)C1)[C@H](CC1(C(F)(F)F)CC1)CO2. The van der Waals surface area contributed by atoms with Crippen LogP contribution >= 0.6 is 11.9 Å². The number of hydrogen-bond donors (Lipinski definition) is 1. The van der Waals surface area contributed by atoms with Crippen molar-refractivity contribution in [3.05, 3.63) is 65.2 Å². The minimum atomic E-state index is -4.37. The van der Waals surface area contributed by atoms with Crippen molar-refractivity contribution in [3.63, 3.8) is 0 Å². The quantitative estimate of drug-likeness (QED) is 0.280. The van der Waals surface area contributed by atoms with E-state index in [0.29, 0.717) is 30.0 Å². The Hall–Kier alpha value is -3.31. The number of aromatic nitrogens is 2. The lowest BCUT2D eigenvalue weighted by atomic mass is 9.84. The molecule has 1 N–H and O–H groups in total. The Labute approximate surface area is 260 Å². The first-order valence-electron chi connectivity index (χ1n) is 15.1.